The van der Waals surface area contributed by atoms with Gasteiger partial charge >= 0.3 is 5.97 Å². The largest absolute Gasteiger partial charge is 0.493 e. The van der Waals surface area contributed by atoms with E-state index < -0.39 is 5.97 Å². The van der Waals surface area contributed by atoms with Gasteiger partial charge in [-0.25, -0.2) is 9.97 Å². The fourth-order valence-corrected chi connectivity index (χ4v) is 3.36. The summed E-state index contributed by atoms with van der Waals surface area (Å²) in [6.07, 6.45) is 10.5. The third-order valence-corrected chi connectivity index (χ3v) is 5.08. The number of hydroxylamine groups is 1. The maximum absolute atomic E-state index is 11.5. The minimum atomic E-state index is -0.549. The lowest BCUT2D eigenvalue weighted by Crippen LogP contribution is -2.25. The fourth-order valence-electron chi connectivity index (χ4n) is 3.36. The minimum absolute atomic E-state index is 0.298. The molecule has 35 heavy (non-hydrogen) atoms. The molecule has 9 heteroatoms. The zero-order valence-electron chi connectivity index (χ0n) is 19.8. The third-order valence-electron chi connectivity index (χ3n) is 5.08. The van der Waals surface area contributed by atoms with Gasteiger partial charge in [-0.1, -0.05) is 24.8 Å². The Hall–Kier alpha value is -4.32. The highest BCUT2D eigenvalue weighted by Crippen LogP contribution is 2.35. The lowest BCUT2D eigenvalue weighted by atomic mass is 10.1. The molecule has 0 bridgehead atoms. The van der Waals surface area contributed by atoms with Crippen LogP contribution in [0.1, 0.15) is 44.6 Å². The van der Waals surface area contributed by atoms with Gasteiger partial charge in [0.25, 0.3) is 5.91 Å². The van der Waals surface area contributed by atoms with Gasteiger partial charge in [-0.2, -0.15) is 5.48 Å². The van der Waals surface area contributed by atoms with Gasteiger partial charge in [0.05, 0.1) is 19.2 Å². The first-order valence-corrected chi connectivity index (χ1v) is 11.3. The van der Waals surface area contributed by atoms with Crippen molar-refractivity contribution < 1.29 is 23.9 Å². The average molecular weight is 477 g/mol. The number of benzene rings is 2. The second-order valence-corrected chi connectivity index (χ2v) is 7.72. The number of fused-ring (bicyclic) bond motifs is 1. The Morgan fingerprint density at radius 2 is 1.89 bits per heavy atom. The van der Waals surface area contributed by atoms with E-state index in [2.05, 4.69) is 31.5 Å². The summed E-state index contributed by atoms with van der Waals surface area (Å²) >= 11 is 0. The molecule has 0 radical (unpaired) electrons. The van der Waals surface area contributed by atoms with Crippen molar-refractivity contribution in [2.75, 3.05) is 19.0 Å². The summed E-state index contributed by atoms with van der Waals surface area (Å²) in [5.41, 5.74) is 4.41. The lowest BCUT2D eigenvalue weighted by Gasteiger charge is -2.14. The number of terminal acetylenes is 1. The standard InChI is InChI=1S/C26H28N4O5/c1-4-19-10-9-11-20(14-19)29-26-21-15-24(23(33-3)16-22(21)27-17-28-26)34-13-8-6-5-7-12-25(32)30-35-18(2)31/h1,9-11,14-17H,5-8,12-13H2,2-3H3,(H,30,32)(H,27,28,29). The molecule has 0 atom stereocenters. The smallest absolute Gasteiger partial charge is 0.329 e. The highest BCUT2D eigenvalue weighted by atomic mass is 16.7. The number of carbonyl (C=O) groups excluding carboxylic acids is 2. The normalized spacial score (nSPS) is 10.3. The van der Waals surface area contributed by atoms with Crippen molar-refractivity contribution >= 4 is 34.3 Å². The molecule has 0 saturated carbocycles. The molecule has 1 amide bonds. The maximum Gasteiger partial charge on any atom is 0.329 e. The van der Waals surface area contributed by atoms with Gasteiger partial charge in [0.15, 0.2) is 11.5 Å². The zero-order chi connectivity index (χ0) is 25.0. The molecule has 0 fully saturated rings. The summed E-state index contributed by atoms with van der Waals surface area (Å²) < 4.78 is 11.5. The van der Waals surface area contributed by atoms with Crippen LogP contribution in [0.25, 0.3) is 10.9 Å². The first kappa shape index (κ1) is 25.3. The summed E-state index contributed by atoms with van der Waals surface area (Å²) in [5.74, 6) is 3.57. The molecule has 3 rings (SSSR count). The average Bonchev–Trinajstić information content (AvgIpc) is 2.86. The number of nitrogens with zero attached hydrogens (tertiary/aromatic N) is 2. The summed E-state index contributed by atoms with van der Waals surface area (Å²) in [4.78, 5) is 35.4. The van der Waals surface area contributed by atoms with Crippen molar-refractivity contribution in [3.8, 4) is 23.8 Å². The van der Waals surface area contributed by atoms with Crippen LogP contribution in [0, 0.1) is 12.3 Å². The molecule has 2 aromatic carbocycles. The van der Waals surface area contributed by atoms with Crippen molar-refractivity contribution in [2.45, 2.75) is 39.0 Å². The topological polar surface area (TPSA) is 112 Å². The van der Waals surface area contributed by atoms with Crippen LogP contribution >= 0.6 is 0 Å². The highest BCUT2D eigenvalue weighted by molar-refractivity contribution is 5.93. The number of unbranched alkanes of at least 4 members (excludes halogenated alkanes) is 3. The van der Waals surface area contributed by atoms with E-state index >= 15 is 0 Å². The number of carbonyl (C=O) groups is 2. The molecule has 0 aliphatic rings. The van der Waals surface area contributed by atoms with E-state index in [1.807, 2.05) is 36.4 Å². The quantitative estimate of drug-likeness (QED) is 0.240. The van der Waals surface area contributed by atoms with Crippen LogP contribution in [0.2, 0.25) is 0 Å². The molecule has 1 aromatic heterocycles. The van der Waals surface area contributed by atoms with Crippen LogP contribution < -0.4 is 20.3 Å². The van der Waals surface area contributed by atoms with Crippen LogP contribution in [0.3, 0.4) is 0 Å². The first-order chi connectivity index (χ1) is 17.0. The van der Waals surface area contributed by atoms with Crippen molar-refractivity contribution in [1.29, 1.82) is 0 Å². The number of anilines is 2. The Morgan fingerprint density at radius 1 is 1.06 bits per heavy atom. The van der Waals surface area contributed by atoms with E-state index in [9.17, 15) is 9.59 Å². The van der Waals surface area contributed by atoms with Crippen LogP contribution in [0.4, 0.5) is 11.5 Å². The van der Waals surface area contributed by atoms with Gasteiger partial charge in [-0.15, -0.1) is 6.42 Å². The molecular formula is C26H28N4O5. The molecule has 0 aliphatic heterocycles. The Labute approximate surface area is 204 Å². The molecule has 0 aliphatic carbocycles. The molecule has 0 saturated heterocycles. The number of amides is 1. The Kier molecular flexibility index (Phi) is 9.25. The van der Waals surface area contributed by atoms with Crippen molar-refractivity contribution in [3.63, 3.8) is 0 Å². The molecule has 9 nitrogen and oxygen atoms in total. The third kappa shape index (κ3) is 7.61. The van der Waals surface area contributed by atoms with E-state index in [0.29, 0.717) is 42.3 Å². The Morgan fingerprint density at radius 3 is 2.66 bits per heavy atom. The second kappa shape index (κ2) is 12.8. The molecule has 0 unspecified atom stereocenters. The number of aromatic nitrogens is 2. The van der Waals surface area contributed by atoms with Crippen LogP contribution in [0.5, 0.6) is 11.5 Å². The molecular weight excluding hydrogens is 448 g/mol. The van der Waals surface area contributed by atoms with Gasteiger partial charge in [0.2, 0.25) is 0 Å². The fraction of sp³-hybridized carbons (Fsp3) is 0.308. The summed E-state index contributed by atoms with van der Waals surface area (Å²) in [7, 11) is 1.58. The summed E-state index contributed by atoms with van der Waals surface area (Å²) in [6.45, 7) is 1.72. The number of methoxy groups -OCH3 is 1. The lowest BCUT2D eigenvalue weighted by molar-refractivity contribution is -0.156. The number of nitrogens with one attached hydrogen (secondary N) is 2. The summed E-state index contributed by atoms with van der Waals surface area (Å²) in [6, 6.07) is 11.2. The van der Waals surface area contributed by atoms with E-state index in [-0.39, 0.29) is 5.91 Å². The zero-order valence-corrected chi connectivity index (χ0v) is 19.8. The van der Waals surface area contributed by atoms with Crippen LogP contribution in [0.15, 0.2) is 42.7 Å². The SMILES string of the molecule is C#Cc1cccc(Nc2ncnc3cc(OC)c(OCCCCCCC(=O)NOC(C)=O)cc23)c1. The molecule has 182 valence electrons. The Balaban J connectivity index is 1.58. The van der Waals surface area contributed by atoms with E-state index in [0.717, 1.165) is 35.9 Å². The molecule has 3 aromatic rings. The van der Waals surface area contributed by atoms with Gasteiger partial charge in [0.1, 0.15) is 12.1 Å². The van der Waals surface area contributed by atoms with E-state index in [1.165, 1.54) is 13.3 Å². The molecule has 0 spiro atoms. The Bertz CT molecular complexity index is 1220. The number of rotatable bonds is 11. The van der Waals surface area contributed by atoms with Crippen molar-refractivity contribution in [2.24, 2.45) is 0 Å². The highest BCUT2D eigenvalue weighted by Gasteiger charge is 2.12. The predicted molar refractivity (Wildman–Crippen MR) is 132 cm³/mol. The minimum Gasteiger partial charge on any atom is -0.493 e. The second-order valence-electron chi connectivity index (χ2n) is 7.72. The number of ether oxygens (including phenoxy) is 2. The molecule has 1 heterocycles. The molecule has 2 N–H and O–H groups in total. The monoisotopic (exact) mass is 476 g/mol. The van der Waals surface area contributed by atoms with Gasteiger partial charge in [0, 0.05) is 36.0 Å². The predicted octanol–water partition coefficient (Wildman–Crippen LogP) is 4.29. The summed E-state index contributed by atoms with van der Waals surface area (Å²) in [5, 5.41) is 4.08. The van der Waals surface area contributed by atoms with E-state index in [4.69, 9.17) is 15.9 Å². The number of hydrogen-bond acceptors (Lipinski definition) is 8. The first-order valence-electron chi connectivity index (χ1n) is 11.3. The van der Waals surface area contributed by atoms with Gasteiger partial charge < -0.3 is 19.6 Å². The number of hydrogen-bond donors (Lipinski definition) is 2. The van der Waals surface area contributed by atoms with Crippen molar-refractivity contribution in [1.82, 2.24) is 15.4 Å². The maximum atomic E-state index is 11.5. The van der Waals surface area contributed by atoms with Crippen LogP contribution in [-0.2, 0) is 14.4 Å². The van der Waals surface area contributed by atoms with Crippen molar-refractivity contribution in [3.05, 3.63) is 48.3 Å². The van der Waals surface area contributed by atoms with E-state index in [1.54, 1.807) is 7.11 Å². The van der Waals surface area contributed by atoms with Crippen LogP contribution in [-0.4, -0.2) is 35.6 Å². The van der Waals surface area contributed by atoms with Gasteiger partial charge in [-0.05, 0) is 37.1 Å². The van der Waals surface area contributed by atoms with Gasteiger partial charge in [-0.3, -0.25) is 9.59 Å².